The summed E-state index contributed by atoms with van der Waals surface area (Å²) < 4.78 is 11.6. The van der Waals surface area contributed by atoms with Crippen LogP contribution in [0.5, 0.6) is 0 Å². The van der Waals surface area contributed by atoms with Crippen LogP contribution in [0, 0.1) is 0 Å². The highest BCUT2D eigenvalue weighted by Gasteiger charge is 2.14. The summed E-state index contributed by atoms with van der Waals surface area (Å²) in [6, 6.07) is 5.43. The molecular weight excluding hydrogens is 246 g/mol. The maximum Gasteiger partial charge on any atom is 0.420 e. The molecule has 0 radical (unpaired) electrons. The van der Waals surface area contributed by atoms with Gasteiger partial charge in [0.2, 0.25) is 5.88 Å². The van der Waals surface area contributed by atoms with Gasteiger partial charge in [-0.15, -0.1) is 0 Å². The first-order chi connectivity index (χ1) is 9.08. The molecular formula is C13H13N3O3. The minimum Gasteiger partial charge on any atom is -0.408 e. The first-order valence-electron chi connectivity index (χ1n) is 5.93. The van der Waals surface area contributed by atoms with Gasteiger partial charge in [-0.3, -0.25) is 4.57 Å². The van der Waals surface area contributed by atoms with Gasteiger partial charge in [-0.25, -0.2) is 4.79 Å². The van der Waals surface area contributed by atoms with Gasteiger partial charge in [-0.2, -0.15) is 0 Å². The standard InChI is InChI=1S/C13H13N3O3/c1-7(2)16-10-5-8(9-6-15-19-12(9)14)3-4-11(10)18-13(16)17/h3-7H,14H2,1-2H3. The third-order valence-electron chi connectivity index (χ3n) is 3.04. The van der Waals surface area contributed by atoms with Gasteiger partial charge in [0.15, 0.2) is 5.58 Å². The first kappa shape index (κ1) is 11.6. The lowest BCUT2D eigenvalue weighted by atomic mass is 10.1. The number of rotatable bonds is 2. The minimum atomic E-state index is -0.361. The maximum absolute atomic E-state index is 11.8. The van der Waals surface area contributed by atoms with E-state index in [9.17, 15) is 4.79 Å². The van der Waals surface area contributed by atoms with Crippen LogP contribution < -0.4 is 11.5 Å². The SMILES string of the molecule is CC(C)n1c(=O)oc2ccc(-c3cnoc3N)cc21. The van der Waals surface area contributed by atoms with Crippen LogP contribution in [0.15, 0.2) is 38.1 Å². The van der Waals surface area contributed by atoms with Crippen LogP contribution in [-0.2, 0) is 0 Å². The molecule has 0 bridgehead atoms. The number of oxazole rings is 1. The number of nitrogen functional groups attached to an aromatic ring is 1. The van der Waals surface area contributed by atoms with Crippen molar-refractivity contribution in [3.05, 3.63) is 34.9 Å². The van der Waals surface area contributed by atoms with Crippen LogP contribution in [0.25, 0.3) is 22.2 Å². The summed E-state index contributed by atoms with van der Waals surface area (Å²) in [6.07, 6.45) is 1.55. The van der Waals surface area contributed by atoms with Gasteiger partial charge in [0.05, 0.1) is 17.3 Å². The van der Waals surface area contributed by atoms with Gasteiger partial charge in [0, 0.05) is 6.04 Å². The second-order valence-corrected chi connectivity index (χ2v) is 4.62. The van der Waals surface area contributed by atoms with E-state index in [1.165, 1.54) is 0 Å². The summed E-state index contributed by atoms with van der Waals surface area (Å²) in [4.78, 5) is 11.8. The van der Waals surface area contributed by atoms with E-state index < -0.39 is 0 Å². The fourth-order valence-electron chi connectivity index (χ4n) is 2.16. The third-order valence-corrected chi connectivity index (χ3v) is 3.04. The second-order valence-electron chi connectivity index (χ2n) is 4.62. The normalized spacial score (nSPS) is 11.5. The molecule has 3 rings (SSSR count). The minimum absolute atomic E-state index is 0.0174. The summed E-state index contributed by atoms with van der Waals surface area (Å²) in [5.41, 5.74) is 8.52. The topological polar surface area (TPSA) is 87.2 Å². The molecule has 2 N–H and O–H groups in total. The molecule has 2 aromatic heterocycles. The van der Waals surface area contributed by atoms with E-state index in [-0.39, 0.29) is 17.7 Å². The van der Waals surface area contributed by atoms with Crippen LogP contribution in [0.2, 0.25) is 0 Å². The number of hydrogen-bond donors (Lipinski definition) is 1. The molecule has 2 heterocycles. The average Bonchev–Trinajstić information content (AvgIpc) is 2.90. The van der Waals surface area contributed by atoms with E-state index in [0.29, 0.717) is 11.1 Å². The summed E-state index contributed by atoms with van der Waals surface area (Å²) in [7, 11) is 0. The lowest BCUT2D eigenvalue weighted by Crippen LogP contribution is -2.15. The Morgan fingerprint density at radius 2 is 2.16 bits per heavy atom. The summed E-state index contributed by atoms with van der Waals surface area (Å²) in [5.74, 6) is -0.110. The van der Waals surface area contributed by atoms with E-state index >= 15 is 0 Å². The van der Waals surface area contributed by atoms with Crippen molar-refractivity contribution < 1.29 is 8.94 Å². The highest BCUT2D eigenvalue weighted by atomic mass is 16.5. The lowest BCUT2D eigenvalue weighted by molar-refractivity contribution is 0.436. The van der Waals surface area contributed by atoms with Crippen molar-refractivity contribution in [1.29, 1.82) is 0 Å². The van der Waals surface area contributed by atoms with Crippen molar-refractivity contribution in [2.24, 2.45) is 0 Å². The Balaban J connectivity index is 2.28. The fraction of sp³-hybridized carbons (Fsp3) is 0.231. The van der Waals surface area contributed by atoms with Crippen molar-refractivity contribution in [3.8, 4) is 11.1 Å². The van der Waals surface area contributed by atoms with Gasteiger partial charge in [-0.05, 0) is 31.5 Å². The second kappa shape index (κ2) is 4.01. The Bertz CT molecular complexity index is 795. The van der Waals surface area contributed by atoms with Crippen molar-refractivity contribution in [2.45, 2.75) is 19.9 Å². The average molecular weight is 259 g/mol. The van der Waals surface area contributed by atoms with Crippen LogP contribution in [0.3, 0.4) is 0 Å². The maximum atomic E-state index is 11.8. The van der Waals surface area contributed by atoms with Crippen LogP contribution in [0.1, 0.15) is 19.9 Å². The Morgan fingerprint density at radius 1 is 1.37 bits per heavy atom. The van der Waals surface area contributed by atoms with Gasteiger partial charge in [-0.1, -0.05) is 11.2 Å². The number of anilines is 1. The molecule has 0 saturated heterocycles. The first-order valence-corrected chi connectivity index (χ1v) is 5.93. The largest absolute Gasteiger partial charge is 0.420 e. The van der Waals surface area contributed by atoms with Gasteiger partial charge in [0.25, 0.3) is 0 Å². The van der Waals surface area contributed by atoms with Crippen LogP contribution in [0.4, 0.5) is 5.88 Å². The van der Waals surface area contributed by atoms with E-state index in [2.05, 4.69) is 5.16 Å². The molecule has 0 aliphatic carbocycles. The number of nitrogens with zero attached hydrogens (tertiary/aromatic N) is 2. The highest BCUT2D eigenvalue weighted by Crippen LogP contribution is 2.28. The van der Waals surface area contributed by atoms with Crippen molar-refractivity contribution in [1.82, 2.24) is 9.72 Å². The predicted octanol–water partition coefficient (Wildman–Crippen LogP) is 2.41. The van der Waals surface area contributed by atoms with Gasteiger partial charge in [0.1, 0.15) is 0 Å². The zero-order valence-corrected chi connectivity index (χ0v) is 10.6. The molecule has 6 nitrogen and oxygen atoms in total. The Morgan fingerprint density at radius 3 is 2.79 bits per heavy atom. The molecule has 6 heteroatoms. The van der Waals surface area contributed by atoms with Gasteiger partial charge < -0.3 is 14.7 Å². The predicted molar refractivity (Wildman–Crippen MR) is 70.8 cm³/mol. The third kappa shape index (κ3) is 1.72. The smallest absolute Gasteiger partial charge is 0.408 e. The number of benzene rings is 1. The van der Waals surface area contributed by atoms with E-state index in [0.717, 1.165) is 11.1 Å². The summed E-state index contributed by atoms with van der Waals surface area (Å²) >= 11 is 0. The monoisotopic (exact) mass is 259 g/mol. The molecule has 98 valence electrons. The Kier molecular flexibility index (Phi) is 2.45. The number of aromatic nitrogens is 2. The summed E-state index contributed by atoms with van der Waals surface area (Å²) in [6.45, 7) is 3.85. The molecule has 19 heavy (non-hydrogen) atoms. The van der Waals surface area contributed by atoms with Crippen LogP contribution >= 0.6 is 0 Å². The quantitative estimate of drug-likeness (QED) is 0.763. The zero-order valence-electron chi connectivity index (χ0n) is 10.6. The summed E-state index contributed by atoms with van der Waals surface area (Å²) in [5, 5.41) is 3.65. The number of fused-ring (bicyclic) bond motifs is 1. The number of hydrogen-bond acceptors (Lipinski definition) is 5. The molecule has 0 aliphatic rings. The molecule has 3 aromatic rings. The zero-order chi connectivity index (χ0) is 13.6. The number of nitrogens with two attached hydrogens (primary N) is 1. The molecule has 0 amide bonds. The lowest BCUT2D eigenvalue weighted by Gasteiger charge is -2.06. The van der Waals surface area contributed by atoms with E-state index in [1.54, 1.807) is 16.8 Å². The Hall–Kier alpha value is -2.50. The van der Waals surface area contributed by atoms with E-state index in [1.807, 2.05) is 26.0 Å². The van der Waals surface area contributed by atoms with Crippen LogP contribution in [-0.4, -0.2) is 9.72 Å². The van der Waals surface area contributed by atoms with Crippen molar-refractivity contribution in [3.63, 3.8) is 0 Å². The van der Waals surface area contributed by atoms with Crippen molar-refractivity contribution >= 4 is 17.0 Å². The molecule has 0 saturated carbocycles. The van der Waals surface area contributed by atoms with Gasteiger partial charge >= 0.3 is 5.76 Å². The molecule has 0 atom stereocenters. The molecule has 0 unspecified atom stereocenters. The molecule has 0 spiro atoms. The highest BCUT2D eigenvalue weighted by molar-refractivity contribution is 5.83. The van der Waals surface area contributed by atoms with E-state index in [4.69, 9.17) is 14.7 Å². The molecule has 0 fully saturated rings. The fourth-order valence-corrected chi connectivity index (χ4v) is 2.16. The molecule has 0 aliphatic heterocycles. The van der Waals surface area contributed by atoms with Crippen molar-refractivity contribution in [2.75, 3.05) is 5.73 Å². The molecule has 1 aromatic carbocycles. The Labute approximate surface area is 108 Å².